The van der Waals surface area contributed by atoms with Gasteiger partial charge in [-0.1, -0.05) is 24.3 Å². The predicted molar refractivity (Wildman–Crippen MR) is 56.3 cm³/mol. The van der Waals surface area contributed by atoms with Crippen LogP contribution in [0.15, 0.2) is 23.8 Å². The number of carbonyl (C=O) groups excluding carboxylic acids is 2. The largest absolute Gasteiger partial charge is 0.465 e. The third kappa shape index (κ3) is 6.74. The highest BCUT2D eigenvalue weighted by Crippen LogP contribution is 2.06. The van der Waals surface area contributed by atoms with E-state index in [4.69, 9.17) is 16.3 Å². The minimum Gasteiger partial charge on any atom is -0.465 e. The molecule has 0 saturated heterocycles. The van der Waals surface area contributed by atoms with Crippen molar-refractivity contribution in [2.24, 2.45) is 0 Å². The van der Waals surface area contributed by atoms with E-state index in [1.807, 2.05) is 0 Å². The van der Waals surface area contributed by atoms with Crippen LogP contribution in [0.5, 0.6) is 0 Å². The van der Waals surface area contributed by atoms with E-state index in [1.165, 1.54) is 13.2 Å². The monoisotopic (exact) mass is 232 g/mol. The fraction of sp³-hybridized carbons (Fsp3) is 0.400. The summed E-state index contributed by atoms with van der Waals surface area (Å²) in [5.74, 6) is -1.03. The molecule has 0 aliphatic rings. The lowest BCUT2D eigenvalue weighted by molar-refractivity contribution is -0.138. The molecule has 5 heteroatoms. The maximum Gasteiger partial charge on any atom is 0.349 e. The summed E-state index contributed by atoms with van der Waals surface area (Å²) in [7, 11) is 1.25. The zero-order valence-electron chi connectivity index (χ0n) is 8.49. The van der Waals surface area contributed by atoms with Gasteiger partial charge in [-0.25, -0.2) is 9.59 Å². The van der Waals surface area contributed by atoms with Gasteiger partial charge in [0.05, 0.1) is 13.7 Å². The van der Waals surface area contributed by atoms with Gasteiger partial charge in [0.25, 0.3) is 0 Å². The third-order valence-electron chi connectivity index (χ3n) is 1.46. The molecule has 0 aromatic rings. The second-order valence-electron chi connectivity index (χ2n) is 2.56. The molecule has 4 nitrogen and oxygen atoms in total. The topological polar surface area (TPSA) is 52.6 Å². The zero-order valence-corrected chi connectivity index (χ0v) is 9.25. The molecule has 0 aromatic heterocycles. The highest BCUT2D eigenvalue weighted by atomic mass is 35.5. The van der Waals surface area contributed by atoms with Crippen LogP contribution in [0.3, 0.4) is 0 Å². The van der Waals surface area contributed by atoms with Gasteiger partial charge in [-0.15, -0.1) is 0 Å². The van der Waals surface area contributed by atoms with E-state index in [0.29, 0.717) is 12.8 Å². The van der Waals surface area contributed by atoms with E-state index in [9.17, 15) is 9.59 Å². The molecular formula is C10H13ClO4. The highest BCUT2D eigenvalue weighted by molar-refractivity contribution is 6.41. The van der Waals surface area contributed by atoms with Crippen molar-refractivity contribution in [3.05, 3.63) is 23.8 Å². The van der Waals surface area contributed by atoms with Gasteiger partial charge in [0.1, 0.15) is 5.03 Å². The number of unbranched alkanes of at least 4 members (excludes halogenated alkanes) is 1. The average Bonchev–Trinajstić information content (AvgIpc) is 2.26. The van der Waals surface area contributed by atoms with Crippen molar-refractivity contribution in [1.82, 2.24) is 0 Å². The van der Waals surface area contributed by atoms with Crippen molar-refractivity contribution in [3.8, 4) is 0 Å². The Hall–Kier alpha value is -1.29. The number of esters is 2. The SMILES string of the molecule is C=CC(=O)OCCCC=C(Cl)C(=O)OC. The van der Waals surface area contributed by atoms with Crippen LogP contribution in [0.1, 0.15) is 12.8 Å². The summed E-state index contributed by atoms with van der Waals surface area (Å²) in [6.07, 6.45) is 3.75. The second-order valence-corrected chi connectivity index (χ2v) is 2.96. The normalized spacial score (nSPS) is 10.7. The Balaban J connectivity index is 3.65. The highest BCUT2D eigenvalue weighted by Gasteiger charge is 2.04. The molecule has 0 heterocycles. The molecule has 0 N–H and O–H groups in total. The number of hydrogen-bond acceptors (Lipinski definition) is 4. The molecule has 0 aromatic carbocycles. The van der Waals surface area contributed by atoms with E-state index < -0.39 is 11.9 Å². The molecule has 0 fully saturated rings. The van der Waals surface area contributed by atoms with Crippen LogP contribution in [-0.2, 0) is 19.1 Å². The number of ether oxygens (including phenoxy) is 2. The molecule has 84 valence electrons. The van der Waals surface area contributed by atoms with Gasteiger partial charge in [-0.3, -0.25) is 0 Å². The Labute approximate surface area is 93.5 Å². The van der Waals surface area contributed by atoms with Crippen molar-refractivity contribution in [2.75, 3.05) is 13.7 Å². The molecule has 0 bridgehead atoms. The van der Waals surface area contributed by atoms with Gasteiger partial charge in [0.15, 0.2) is 0 Å². The van der Waals surface area contributed by atoms with Crippen molar-refractivity contribution >= 4 is 23.5 Å². The first-order valence-electron chi connectivity index (χ1n) is 4.35. The smallest absolute Gasteiger partial charge is 0.349 e. The van der Waals surface area contributed by atoms with Crippen molar-refractivity contribution in [2.45, 2.75) is 12.8 Å². The van der Waals surface area contributed by atoms with Crippen molar-refractivity contribution in [3.63, 3.8) is 0 Å². The fourth-order valence-corrected chi connectivity index (χ4v) is 0.911. The zero-order chi connectivity index (χ0) is 11.7. The Morgan fingerprint density at radius 3 is 2.67 bits per heavy atom. The standard InChI is InChI=1S/C10H13ClO4/c1-3-9(12)15-7-5-4-6-8(11)10(13)14-2/h3,6H,1,4-5,7H2,2H3. The molecule has 0 amide bonds. The summed E-state index contributed by atoms with van der Waals surface area (Å²) in [4.78, 5) is 21.4. The Morgan fingerprint density at radius 2 is 2.13 bits per heavy atom. The molecule has 0 spiro atoms. The van der Waals surface area contributed by atoms with Crippen LogP contribution in [0.25, 0.3) is 0 Å². The van der Waals surface area contributed by atoms with E-state index in [2.05, 4.69) is 11.3 Å². The molecule has 15 heavy (non-hydrogen) atoms. The molecule has 0 aliphatic heterocycles. The quantitative estimate of drug-likeness (QED) is 0.398. The van der Waals surface area contributed by atoms with E-state index >= 15 is 0 Å². The summed E-state index contributed by atoms with van der Waals surface area (Å²) in [6.45, 7) is 3.52. The van der Waals surface area contributed by atoms with Gasteiger partial charge in [0.2, 0.25) is 0 Å². The lowest BCUT2D eigenvalue weighted by Gasteiger charge is -1.99. The maximum absolute atomic E-state index is 10.8. The number of carbonyl (C=O) groups is 2. The van der Waals surface area contributed by atoms with Gasteiger partial charge in [-0.05, 0) is 12.8 Å². The van der Waals surface area contributed by atoms with Crippen LogP contribution in [0.2, 0.25) is 0 Å². The van der Waals surface area contributed by atoms with Crippen molar-refractivity contribution in [1.29, 1.82) is 0 Å². The van der Waals surface area contributed by atoms with Crippen LogP contribution < -0.4 is 0 Å². The van der Waals surface area contributed by atoms with E-state index in [1.54, 1.807) is 0 Å². The molecule has 0 aliphatic carbocycles. The van der Waals surface area contributed by atoms with E-state index in [-0.39, 0.29) is 11.6 Å². The van der Waals surface area contributed by atoms with E-state index in [0.717, 1.165) is 6.08 Å². The molecule has 0 atom stereocenters. The molecule has 0 saturated carbocycles. The summed E-state index contributed by atoms with van der Waals surface area (Å²) >= 11 is 5.56. The van der Waals surface area contributed by atoms with Gasteiger partial charge in [-0.2, -0.15) is 0 Å². The number of rotatable bonds is 6. The average molecular weight is 233 g/mol. The first-order valence-corrected chi connectivity index (χ1v) is 4.72. The third-order valence-corrected chi connectivity index (χ3v) is 1.77. The van der Waals surface area contributed by atoms with Crippen molar-refractivity contribution < 1.29 is 19.1 Å². The van der Waals surface area contributed by atoms with Crippen LogP contribution in [0, 0.1) is 0 Å². The Morgan fingerprint density at radius 1 is 1.47 bits per heavy atom. The first-order chi connectivity index (χ1) is 7.11. The number of allylic oxidation sites excluding steroid dienone is 1. The summed E-state index contributed by atoms with van der Waals surface area (Å²) in [5.41, 5.74) is 0. The van der Waals surface area contributed by atoms with Gasteiger partial charge < -0.3 is 9.47 Å². The second kappa shape index (κ2) is 8.05. The Bertz CT molecular complexity index is 271. The maximum atomic E-state index is 10.8. The van der Waals surface area contributed by atoms with Crippen LogP contribution in [0.4, 0.5) is 0 Å². The Kier molecular flexibility index (Phi) is 7.36. The summed E-state index contributed by atoms with van der Waals surface area (Å²) in [5, 5.41) is 0.0348. The minimum absolute atomic E-state index is 0.0348. The molecule has 0 rings (SSSR count). The molecule has 0 unspecified atom stereocenters. The lowest BCUT2D eigenvalue weighted by Crippen LogP contribution is -2.02. The predicted octanol–water partition coefficient (Wildman–Crippen LogP) is 1.79. The lowest BCUT2D eigenvalue weighted by atomic mass is 10.3. The molecule has 0 radical (unpaired) electrons. The number of methoxy groups -OCH3 is 1. The van der Waals surface area contributed by atoms with Crippen LogP contribution >= 0.6 is 11.6 Å². The van der Waals surface area contributed by atoms with Gasteiger partial charge >= 0.3 is 11.9 Å². The summed E-state index contributed by atoms with van der Waals surface area (Å²) in [6, 6.07) is 0. The summed E-state index contributed by atoms with van der Waals surface area (Å²) < 4.78 is 9.10. The number of halogens is 1. The fourth-order valence-electron chi connectivity index (χ4n) is 0.725. The number of hydrogen-bond donors (Lipinski definition) is 0. The van der Waals surface area contributed by atoms with Crippen LogP contribution in [-0.4, -0.2) is 25.7 Å². The minimum atomic E-state index is -0.570. The van der Waals surface area contributed by atoms with Gasteiger partial charge in [0, 0.05) is 6.08 Å². The molecular weight excluding hydrogens is 220 g/mol. The first kappa shape index (κ1) is 13.7.